The first-order valence-electron chi connectivity index (χ1n) is 8.38. The molecule has 3 fully saturated rings. The number of ether oxygens (including phenoxy) is 3. The van der Waals surface area contributed by atoms with Crippen molar-refractivity contribution in [3.8, 4) is 0 Å². The molecule has 1 aromatic heterocycles. The van der Waals surface area contributed by atoms with E-state index >= 15 is 0 Å². The Morgan fingerprint density at radius 1 is 1.35 bits per heavy atom. The van der Waals surface area contributed by atoms with E-state index in [2.05, 4.69) is 16.0 Å². The van der Waals surface area contributed by atoms with Crippen molar-refractivity contribution in [2.45, 2.75) is 63.1 Å². The molecule has 1 aromatic rings. The molecule has 0 radical (unpaired) electrons. The first kappa shape index (κ1) is 15.5. The lowest BCUT2D eigenvalue weighted by molar-refractivity contribution is -0.216. The Kier molecular flexibility index (Phi) is 3.90. The van der Waals surface area contributed by atoms with Crippen LogP contribution in [0.2, 0.25) is 0 Å². The third kappa shape index (κ3) is 2.90. The maximum Gasteiger partial charge on any atom is 0.190 e. The Morgan fingerprint density at radius 2 is 2.22 bits per heavy atom. The smallest absolute Gasteiger partial charge is 0.190 e. The van der Waals surface area contributed by atoms with Crippen LogP contribution >= 0.6 is 0 Å². The van der Waals surface area contributed by atoms with Crippen LogP contribution in [0, 0.1) is 0 Å². The average Bonchev–Trinajstić information content (AvgIpc) is 3.17. The molecule has 0 amide bonds. The first-order valence-corrected chi connectivity index (χ1v) is 8.38. The summed E-state index contributed by atoms with van der Waals surface area (Å²) in [6.07, 6.45) is 2.24. The molecule has 3 aliphatic heterocycles. The Labute approximate surface area is 136 Å². The summed E-state index contributed by atoms with van der Waals surface area (Å²) < 4.78 is 17.4. The topological polar surface area (TPSA) is 64.1 Å². The number of aromatic nitrogens is 1. The SMILES string of the molecule is CC1(C)OC2[C@H](O[C@H](CN3CCC[C@@H]3c3ccccn3)[C@H]2O)O1. The van der Waals surface area contributed by atoms with Crippen LogP contribution in [-0.2, 0) is 14.2 Å². The van der Waals surface area contributed by atoms with E-state index in [-0.39, 0.29) is 6.10 Å². The Hall–Kier alpha value is -1.05. The summed E-state index contributed by atoms with van der Waals surface area (Å²) in [4.78, 5) is 6.84. The van der Waals surface area contributed by atoms with E-state index in [1.807, 2.05) is 32.2 Å². The highest BCUT2D eigenvalue weighted by Gasteiger charge is 2.54. The number of likely N-dealkylation sites (tertiary alicyclic amines) is 1. The second kappa shape index (κ2) is 5.79. The summed E-state index contributed by atoms with van der Waals surface area (Å²) in [5.41, 5.74) is 1.09. The number of hydrogen-bond donors (Lipinski definition) is 1. The molecule has 0 spiro atoms. The molecule has 0 aromatic carbocycles. The molecule has 5 atom stereocenters. The van der Waals surface area contributed by atoms with Crippen molar-refractivity contribution in [2.75, 3.05) is 13.1 Å². The lowest BCUT2D eigenvalue weighted by atomic mass is 10.1. The molecule has 4 heterocycles. The van der Waals surface area contributed by atoms with E-state index in [0.29, 0.717) is 12.6 Å². The second-order valence-electron chi connectivity index (χ2n) is 7.04. The van der Waals surface area contributed by atoms with Crippen LogP contribution in [0.15, 0.2) is 24.4 Å². The molecule has 6 nitrogen and oxygen atoms in total. The van der Waals surface area contributed by atoms with Gasteiger partial charge in [-0.15, -0.1) is 0 Å². The second-order valence-corrected chi connectivity index (χ2v) is 7.04. The van der Waals surface area contributed by atoms with Crippen molar-refractivity contribution in [3.05, 3.63) is 30.1 Å². The fraction of sp³-hybridized carbons (Fsp3) is 0.706. The number of rotatable bonds is 3. The molecule has 126 valence electrons. The molecule has 3 saturated heterocycles. The lowest BCUT2D eigenvalue weighted by Crippen LogP contribution is -2.41. The van der Waals surface area contributed by atoms with Crippen LogP contribution in [-0.4, -0.2) is 58.5 Å². The van der Waals surface area contributed by atoms with Crippen LogP contribution in [0.4, 0.5) is 0 Å². The van der Waals surface area contributed by atoms with E-state index in [0.717, 1.165) is 25.1 Å². The van der Waals surface area contributed by atoms with Gasteiger partial charge in [-0.2, -0.15) is 0 Å². The molecule has 0 bridgehead atoms. The molecule has 1 unspecified atom stereocenters. The van der Waals surface area contributed by atoms with Crippen molar-refractivity contribution in [1.82, 2.24) is 9.88 Å². The van der Waals surface area contributed by atoms with E-state index in [4.69, 9.17) is 14.2 Å². The minimum absolute atomic E-state index is 0.287. The fourth-order valence-electron chi connectivity index (χ4n) is 3.89. The highest BCUT2D eigenvalue weighted by atomic mass is 16.8. The van der Waals surface area contributed by atoms with Gasteiger partial charge in [-0.3, -0.25) is 9.88 Å². The van der Waals surface area contributed by atoms with Crippen molar-refractivity contribution in [1.29, 1.82) is 0 Å². The molecule has 6 heteroatoms. The van der Waals surface area contributed by atoms with Gasteiger partial charge in [0.25, 0.3) is 0 Å². The Morgan fingerprint density at radius 3 is 2.96 bits per heavy atom. The predicted molar refractivity (Wildman–Crippen MR) is 82.5 cm³/mol. The minimum atomic E-state index is -0.689. The number of aliphatic hydroxyl groups is 1. The van der Waals surface area contributed by atoms with E-state index in [1.165, 1.54) is 0 Å². The fourth-order valence-corrected chi connectivity index (χ4v) is 3.89. The number of hydrogen-bond acceptors (Lipinski definition) is 6. The van der Waals surface area contributed by atoms with Crippen LogP contribution < -0.4 is 0 Å². The van der Waals surface area contributed by atoms with Crippen LogP contribution in [0.3, 0.4) is 0 Å². The molecule has 23 heavy (non-hydrogen) atoms. The van der Waals surface area contributed by atoms with Crippen molar-refractivity contribution in [2.24, 2.45) is 0 Å². The maximum atomic E-state index is 10.5. The van der Waals surface area contributed by atoms with Gasteiger partial charge in [-0.05, 0) is 45.4 Å². The monoisotopic (exact) mass is 320 g/mol. The minimum Gasteiger partial charge on any atom is -0.387 e. The van der Waals surface area contributed by atoms with Crippen molar-refractivity contribution < 1.29 is 19.3 Å². The molecule has 4 rings (SSSR count). The predicted octanol–water partition coefficient (Wildman–Crippen LogP) is 1.46. The standard InChI is InChI=1S/C17H24N2O4/c1-17(2)22-15-14(20)13(21-16(15)23-17)10-19-9-5-7-12(19)11-6-3-4-8-18-11/h3-4,6,8,12-16,20H,5,7,9-10H2,1-2H3/t12-,13-,14-,15?,16-/m1/s1. The maximum absolute atomic E-state index is 10.5. The number of aliphatic hydroxyl groups excluding tert-OH is 1. The van der Waals surface area contributed by atoms with Gasteiger partial charge in [0.05, 0.1) is 11.7 Å². The summed E-state index contributed by atoms with van der Waals surface area (Å²) in [5, 5.41) is 10.5. The quantitative estimate of drug-likeness (QED) is 0.909. The lowest BCUT2D eigenvalue weighted by Gasteiger charge is -2.29. The number of pyridine rings is 1. The number of nitrogens with zero attached hydrogens (tertiary/aromatic N) is 2. The summed E-state index contributed by atoms with van der Waals surface area (Å²) in [7, 11) is 0. The largest absolute Gasteiger partial charge is 0.387 e. The highest BCUT2D eigenvalue weighted by Crippen LogP contribution is 2.39. The van der Waals surface area contributed by atoms with Crippen LogP contribution in [0.5, 0.6) is 0 Å². The van der Waals surface area contributed by atoms with E-state index in [9.17, 15) is 5.11 Å². The van der Waals surface area contributed by atoms with Gasteiger partial charge in [0.15, 0.2) is 12.1 Å². The van der Waals surface area contributed by atoms with Gasteiger partial charge in [0, 0.05) is 12.7 Å². The molecule has 3 aliphatic rings. The first-order chi connectivity index (χ1) is 11.0. The van der Waals surface area contributed by atoms with Gasteiger partial charge in [-0.25, -0.2) is 0 Å². The number of fused-ring (bicyclic) bond motifs is 1. The molecule has 0 saturated carbocycles. The van der Waals surface area contributed by atoms with E-state index < -0.39 is 24.3 Å². The van der Waals surface area contributed by atoms with Gasteiger partial charge in [0.2, 0.25) is 0 Å². The highest BCUT2D eigenvalue weighted by molar-refractivity contribution is 5.11. The zero-order valence-corrected chi connectivity index (χ0v) is 13.6. The zero-order valence-electron chi connectivity index (χ0n) is 13.6. The Balaban J connectivity index is 1.43. The van der Waals surface area contributed by atoms with Crippen LogP contribution in [0.25, 0.3) is 0 Å². The van der Waals surface area contributed by atoms with Crippen molar-refractivity contribution in [3.63, 3.8) is 0 Å². The molecule has 1 N–H and O–H groups in total. The summed E-state index contributed by atoms with van der Waals surface area (Å²) in [6, 6.07) is 6.32. The van der Waals surface area contributed by atoms with Gasteiger partial charge in [-0.1, -0.05) is 6.07 Å². The third-order valence-corrected chi connectivity index (χ3v) is 4.92. The van der Waals surface area contributed by atoms with Gasteiger partial charge in [0.1, 0.15) is 18.3 Å². The molecule has 0 aliphatic carbocycles. The van der Waals surface area contributed by atoms with Crippen molar-refractivity contribution >= 4 is 0 Å². The van der Waals surface area contributed by atoms with Crippen LogP contribution in [0.1, 0.15) is 38.4 Å². The summed E-state index contributed by atoms with van der Waals surface area (Å²) in [6.45, 7) is 5.35. The third-order valence-electron chi connectivity index (χ3n) is 4.92. The average molecular weight is 320 g/mol. The Bertz CT molecular complexity index is 553. The summed E-state index contributed by atoms with van der Waals surface area (Å²) in [5.74, 6) is -0.689. The molecular formula is C17H24N2O4. The zero-order chi connectivity index (χ0) is 16.0. The normalized spacial score (nSPS) is 39.7. The van der Waals surface area contributed by atoms with Gasteiger partial charge >= 0.3 is 0 Å². The summed E-state index contributed by atoms with van der Waals surface area (Å²) >= 11 is 0. The van der Waals surface area contributed by atoms with E-state index in [1.54, 1.807) is 0 Å². The molecular weight excluding hydrogens is 296 g/mol. The van der Waals surface area contributed by atoms with Gasteiger partial charge < -0.3 is 19.3 Å².